The van der Waals surface area contributed by atoms with Gasteiger partial charge >= 0.3 is 0 Å². The van der Waals surface area contributed by atoms with Crippen LogP contribution in [0.1, 0.15) is 23.6 Å². The number of para-hydroxylation sites is 1. The van der Waals surface area contributed by atoms with E-state index in [1.165, 1.54) is 16.9 Å². The number of thioether (sulfide) groups is 1. The van der Waals surface area contributed by atoms with Crippen LogP contribution < -0.4 is 11.3 Å². The van der Waals surface area contributed by atoms with Crippen molar-refractivity contribution in [2.24, 2.45) is 4.99 Å². The highest BCUT2D eigenvalue weighted by Crippen LogP contribution is 2.36. The Morgan fingerprint density at radius 2 is 1.90 bits per heavy atom. The predicted molar refractivity (Wildman–Crippen MR) is 125 cm³/mol. The SMILES string of the molecule is CC1=Nc2ccccc2/C1=C\c1c(N)n2nc(SCc3ccccc3)sc2nc1=O. The molecule has 6 nitrogen and oxygen atoms in total. The molecule has 2 aromatic heterocycles. The van der Waals surface area contributed by atoms with Crippen molar-refractivity contribution in [1.82, 2.24) is 14.6 Å². The molecule has 0 saturated carbocycles. The minimum Gasteiger partial charge on any atom is -0.383 e. The number of aliphatic imine (C=N–C) groups is 1. The van der Waals surface area contributed by atoms with Crippen molar-refractivity contribution in [2.75, 3.05) is 5.73 Å². The highest BCUT2D eigenvalue weighted by Gasteiger charge is 2.20. The van der Waals surface area contributed by atoms with Crippen molar-refractivity contribution in [1.29, 1.82) is 0 Å². The molecule has 2 N–H and O–H groups in total. The first kappa shape index (κ1) is 18.8. The molecule has 1 aliphatic heterocycles. The van der Waals surface area contributed by atoms with E-state index in [0.29, 0.717) is 10.5 Å². The van der Waals surface area contributed by atoms with E-state index in [4.69, 9.17) is 5.73 Å². The topological polar surface area (TPSA) is 85.6 Å². The summed E-state index contributed by atoms with van der Waals surface area (Å²) in [6.45, 7) is 1.92. The molecule has 0 bridgehead atoms. The number of anilines is 1. The average molecular weight is 432 g/mol. The summed E-state index contributed by atoms with van der Waals surface area (Å²) >= 11 is 2.96. The lowest BCUT2D eigenvalue weighted by Gasteiger charge is -2.04. The van der Waals surface area contributed by atoms with Gasteiger partial charge in [-0.2, -0.15) is 9.50 Å². The monoisotopic (exact) mass is 431 g/mol. The number of hydrogen-bond donors (Lipinski definition) is 1. The van der Waals surface area contributed by atoms with Crippen molar-refractivity contribution in [3.63, 3.8) is 0 Å². The number of fused-ring (bicyclic) bond motifs is 2. The van der Waals surface area contributed by atoms with Gasteiger partial charge in [0.15, 0.2) is 4.34 Å². The second kappa shape index (κ2) is 7.55. The minimum absolute atomic E-state index is 0.289. The molecular formula is C22H17N5OS2. The molecule has 0 unspecified atom stereocenters. The van der Waals surface area contributed by atoms with Gasteiger partial charge in [0.05, 0.1) is 11.3 Å². The fourth-order valence-electron chi connectivity index (χ4n) is 3.34. The first-order chi connectivity index (χ1) is 14.6. The van der Waals surface area contributed by atoms with Crippen LogP contribution in [0.3, 0.4) is 0 Å². The number of nitrogens with zero attached hydrogens (tertiary/aromatic N) is 4. The summed E-state index contributed by atoms with van der Waals surface area (Å²) in [7, 11) is 0. The summed E-state index contributed by atoms with van der Waals surface area (Å²) in [5.74, 6) is 1.08. The molecule has 0 spiro atoms. The smallest absolute Gasteiger partial charge is 0.283 e. The van der Waals surface area contributed by atoms with Crippen LogP contribution in [0.5, 0.6) is 0 Å². The van der Waals surface area contributed by atoms with E-state index in [9.17, 15) is 4.79 Å². The average Bonchev–Trinajstić information content (AvgIpc) is 3.30. The van der Waals surface area contributed by atoms with Gasteiger partial charge < -0.3 is 5.73 Å². The van der Waals surface area contributed by atoms with Crippen LogP contribution in [0.4, 0.5) is 11.5 Å². The largest absolute Gasteiger partial charge is 0.383 e. The maximum atomic E-state index is 12.7. The Balaban J connectivity index is 1.53. The van der Waals surface area contributed by atoms with Crippen LogP contribution >= 0.6 is 23.1 Å². The Hall–Kier alpha value is -3.23. The second-order valence-corrected chi connectivity index (χ2v) is 9.00. The molecule has 0 fully saturated rings. The highest BCUT2D eigenvalue weighted by atomic mass is 32.2. The molecule has 4 aromatic rings. The molecule has 8 heteroatoms. The first-order valence-electron chi connectivity index (χ1n) is 9.33. The lowest BCUT2D eigenvalue weighted by atomic mass is 10.0. The molecule has 1 aliphatic rings. The van der Waals surface area contributed by atoms with E-state index < -0.39 is 0 Å². The Morgan fingerprint density at radius 1 is 1.13 bits per heavy atom. The van der Waals surface area contributed by atoms with Gasteiger partial charge in [0, 0.05) is 22.6 Å². The molecule has 0 aliphatic carbocycles. The molecule has 2 aromatic carbocycles. The second-order valence-electron chi connectivity index (χ2n) is 6.82. The van der Waals surface area contributed by atoms with E-state index in [1.54, 1.807) is 22.4 Å². The van der Waals surface area contributed by atoms with Gasteiger partial charge in [-0.05, 0) is 24.6 Å². The minimum atomic E-state index is -0.361. The number of benzene rings is 2. The van der Waals surface area contributed by atoms with Crippen LogP contribution in [0, 0.1) is 0 Å². The number of aromatic nitrogens is 3. The molecule has 3 heterocycles. The lowest BCUT2D eigenvalue weighted by molar-refractivity contribution is 0.894. The standard InChI is InChI=1S/C22H17N5OS2/c1-13-16(15-9-5-6-10-18(15)24-13)11-17-19(23)27-21(25-20(17)28)30-22(26-27)29-12-14-7-3-2-4-8-14/h2-11H,12,23H2,1H3/b16-11-. The number of rotatable bonds is 4. The summed E-state index contributed by atoms with van der Waals surface area (Å²) in [4.78, 5) is 22.0. The first-order valence-corrected chi connectivity index (χ1v) is 11.1. The number of hydrogen-bond acceptors (Lipinski definition) is 7. The number of nitrogen functional groups attached to an aromatic ring is 1. The third-order valence-electron chi connectivity index (χ3n) is 4.84. The van der Waals surface area contributed by atoms with Crippen LogP contribution in [0.25, 0.3) is 16.6 Å². The molecule has 5 rings (SSSR count). The van der Waals surface area contributed by atoms with Crippen molar-refractivity contribution < 1.29 is 0 Å². The van der Waals surface area contributed by atoms with E-state index >= 15 is 0 Å². The Kier molecular flexibility index (Phi) is 4.72. The quantitative estimate of drug-likeness (QED) is 0.475. The lowest BCUT2D eigenvalue weighted by Crippen LogP contribution is -2.17. The molecule has 30 heavy (non-hydrogen) atoms. The summed E-state index contributed by atoms with van der Waals surface area (Å²) in [6, 6.07) is 18.0. The van der Waals surface area contributed by atoms with E-state index in [2.05, 4.69) is 27.2 Å². The highest BCUT2D eigenvalue weighted by molar-refractivity contribution is 8.00. The molecule has 0 atom stereocenters. The molecule has 0 radical (unpaired) electrons. The van der Waals surface area contributed by atoms with E-state index in [1.807, 2.05) is 49.4 Å². The normalized spacial score (nSPS) is 14.3. The van der Waals surface area contributed by atoms with Gasteiger partial charge in [0.1, 0.15) is 5.82 Å². The Morgan fingerprint density at radius 3 is 2.73 bits per heavy atom. The third-order valence-corrected chi connectivity index (χ3v) is 6.95. The van der Waals surface area contributed by atoms with Gasteiger partial charge in [-0.25, -0.2) is 0 Å². The number of allylic oxidation sites excluding steroid dienone is 1. The van der Waals surface area contributed by atoms with Crippen molar-refractivity contribution in [2.45, 2.75) is 17.0 Å². The van der Waals surface area contributed by atoms with Gasteiger partial charge in [-0.15, -0.1) is 5.10 Å². The molecule has 148 valence electrons. The van der Waals surface area contributed by atoms with Gasteiger partial charge in [-0.1, -0.05) is 71.6 Å². The zero-order valence-corrected chi connectivity index (χ0v) is 17.7. The fourth-order valence-corrected chi connectivity index (χ4v) is 5.23. The zero-order valence-electron chi connectivity index (χ0n) is 16.1. The maximum Gasteiger partial charge on any atom is 0.283 e. The van der Waals surface area contributed by atoms with Crippen LogP contribution in [-0.2, 0) is 5.75 Å². The zero-order chi connectivity index (χ0) is 20.7. The van der Waals surface area contributed by atoms with E-state index in [-0.39, 0.29) is 11.4 Å². The molecule has 0 amide bonds. The van der Waals surface area contributed by atoms with Gasteiger partial charge in [-0.3, -0.25) is 9.79 Å². The third kappa shape index (κ3) is 3.34. The summed E-state index contributed by atoms with van der Waals surface area (Å²) in [6.07, 6.45) is 1.78. The van der Waals surface area contributed by atoms with Crippen molar-refractivity contribution in [3.05, 3.63) is 81.6 Å². The van der Waals surface area contributed by atoms with Crippen LogP contribution in [-0.4, -0.2) is 20.3 Å². The fraction of sp³-hybridized carbons (Fsp3) is 0.0909. The summed E-state index contributed by atoms with van der Waals surface area (Å²) in [5, 5.41) is 4.58. The Labute approximate surface area is 180 Å². The Bertz CT molecular complexity index is 1390. The molecular weight excluding hydrogens is 414 g/mol. The van der Waals surface area contributed by atoms with Crippen LogP contribution in [0.15, 0.2) is 68.7 Å². The van der Waals surface area contributed by atoms with Gasteiger partial charge in [0.2, 0.25) is 4.96 Å². The van der Waals surface area contributed by atoms with Crippen molar-refractivity contribution >= 4 is 56.9 Å². The van der Waals surface area contributed by atoms with Gasteiger partial charge in [0.25, 0.3) is 5.56 Å². The van der Waals surface area contributed by atoms with Crippen LogP contribution in [0.2, 0.25) is 0 Å². The summed E-state index contributed by atoms with van der Waals surface area (Å²) < 4.78 is 2.37. The number of nitrogens with two attached hydrogens (primary N) is 1. The van der Waals surface area contributed by atoms with E-state index in [0.717, 1.165) is 32.6 Å². The molecule has 0 saturated heterocycles. The summed E-state index contributed by atoms with van der Waals surface area (Å²) in [5.41, 5.74) is 11.1. The van der Waals surface area contributed by atoms with Crippen molar-refractivity contribution in [3.8, 4) is 0 Å². The predicted octanol–water partition coefficient (Wildman–Crippen LogP) is 4.67. The maximum absolute atomic E-state index is 12.7.